The Kier molecular flexibility index (Phi) is 17.4. The van der Waals surface area contributed by atoms with Gasteiger partial charge in [-0.25, -0.2) is 0 Å². The number of hydrogen-bond acceptors (Lipinski definition) is 3. The molecule has 0 rings (SSSR count). The molecule has 2 N–H and O–H groups in total. The molecule has 0 aliphatic rings. The van der Waals surface area contributed by atoms with Crippen LogP contribution in [0.4, 0.5) is 0 Å². The molecule has 168 valence electrons. The van der Waals surface area contributed by atoms with Gasteiger partial charge in [0.2, 0.25) is 11.8 Å². The molecule has 5 heteroatoms. The van der Waals surface area contributed by atoms with Crippen molar-refractivity contribution in [2.45, 2.75) is 98.1 Å². The second-order valence-electron chi connectivity index (χ2n) is 7.89. The molecule has 0 bridgehead atoms. The lowest BCUT2D eigenvalue weighted by Crippen LogP contribution is -2.47. The fourth-order valence-corrected chi connectivity index (χ4v) is 3.13. The largest absolute Gasteiger partial charge is 0.352 e. The summed E-state index contributed by atoms with van der Waals surface area (Å²) in [6, 6.07) is 0.183. The number of nitrogens with zero attached hydrogens (tertiary/aromatic N) is 1. The van der Waals surface area contributed by atoms with Crippen molar-refractivity contribution in [3.63, 3.8) is 0 Å². The predicted molar refractivity (Wildman–Crippen MR) is 124 cm³/mol. The molecule has 5 nitrogen and oxygen atoms in total. The van der Waals surface area contributed by atoms with E-state index in [1.165, 1.54) is 0 Å². The Bertz CT molecular complexity index is 447. The average molecular weight is 408 g/mol. The van der Waals surface area contributed by atoms with E-state index in [2.05, 4.69) is 60.6 Å². The minimum atomic E-state index is 0.0914. The predicted octanol–water partition coefficient (Wildman–Crippen LogP) is 4.59. The summed E-state index contributed by atoms with van der Waals surface area (Å²) in [7, 11) is 0. The first-order valence-electron chi connectivity index (χ1n) is 11.5. The van der Waals surface area contributed by atoms with Crippen molar-refractivity contribution in [1.29, 1.82) is 0 Å². The standard InChI is InChI=1S/C24H45N3O2/c1-6-9-11-13-15-17-23(28)25-21(4)19-27(8-3)20-22(5)26-24(29)18-16-14-12-10-7-2/h11-14,21-22H,6-10,15-20H2,1-5H3,(H,25,28)(H,26,29)/b13-11+,14-12+. The third kappa shape index (κ3) is 17.0. The van der Waals surface area contributed by atoms with Gasteiger partial charge in [0.05, 0.1) is 0 Å². The molecule has 29 heavy (non-hydrogen) atoms. The lowest BCUT2D eigenvalue weighted by molar-refractivity contribution is -0.122. The summed E-state index contributed by atoms with van der Waals surface area (Å²) in [5.74, 6) is 0.208. The molecular formula is C24H45N3O2. The topological polar surface area (TPSA) is 61.4 Å². The van der Waals surface area contributed by atoms with Gasteiger partial charge in [0, 0.05) is 38.0 Å². The number of likely N-dealkylation sites (N-methyl/N-ethyl adjacent to an activating group) is 1. The van der Waals surface area contributed by atoms with Gasteiger partial charge >= 0.3 is 0 Å². The van der Waals surface area contributed by atoms with Crippen LogP contribution in [0.1, 0.15) is 86.0 Å². The van der Waals surface area contributed by atoms with Crippen LogP contribution in [-0.2, 0) is 9.59 Å². The fraction of sp³-hybridized carbons (Fsp3) is 0.750. The maximum atomic E-state index is 12.1. The van der Waals surface area contributed by atoms with Crippen LogP contribution in [-0.4, -0.2) is 48.4 Å². The quantitative estimate of drug-likeness (QED) is 0.347. The second kappa shape index (κ2) is 18.4. The van der Waals surface area contributed by atoms with Crippen LogP contribution in [0.25, 0.3) is 0 Å². The van der Waals surface area contributed by atoms with Crippen LogP contribution in [0.5, 0.6) is 0 Å². The first kappa shape index (κ1) is 27.4. The third-order valence-corrected chi connectivity index (χ3v) is 4.65. The van der Waals surface area contributed by atoms with Crippen LogP contribution in [0.15, 0.2) is 24.3 Å². The molecule has 0 fully saturated rings. The highest BCUT2D eigenvalue weighted by atomic mass is 16.2. The van der Waals surface area contributed by atoms with Gasteiger partial charge in [-0.05, 0) is 46.1 Å². The van der Waals surface area contributed by atoms with E-state index in [1.54, 1.807) is 0 Å². The SMILES string of the molecule is CCC/C=C/CCC(=O)NC(C)CN(CC)CC(C)NC(=O)CC/C=C/CCC. The Hall–Kier alpha value is -1.62. The number of rotatable bonds is 17. The monoisotopic (exact) mass is 407 g/mol. The van der Waals surface area contributed by atoms with E-state index in [-0.39, 0.29) is 23.9 Å². The van der Waals surface area contributed by atoms with Gasteiger partial charge in [0.25, 0.3) is 0 Å². The summed E-state index contributed by atoms with van der Waals surface area (Å²) in [6.45, 7) is 13.0. The van der Waals surface area contributed by atoms with Crippen LogP contribution >= 0.6 is 0 Å². The van der Waals surface area contributed by atoms with E-state index < -0.39 is 0 Å². The fourth-order valence-electron chi connectivity index (χ4n) is 3.13. The summed E-state index contributed by atoms with van der Waals surface area (Å²) in [6.07, 6.45) is 15.6. The molecule has 2 unspecified atom stereocenters. The van der Waals surface area contributed by atoms with E-state index in [4.69, 9.17) is 0 Å². The van der Waals surface area contributed by atoms with E-state index >= 15 is 0 Å². The normalized spacial score (nSPS) is 13.9. The van der Waals surface area contributed by atoms with Crippen LogP contribution in [0.3, 0.4) is 0 Å². The number of amides is 2. The molecule has 0 spiro atoms. The Morgan fingerprint density at radius 2 is 1.10 bits per heavy atom. The van der Waals surface area contributed by atoms with Gasteiger partial charge in [-0.3, -0.25) is 14.5 Å². The lowest BCUT2D eigenvalue weighted by Gasteiger charge is -2.28. The van der Waals surface area contributed by atoms with Crippen LogP contribution in [0.2, 0.25) is 0 Å². The van der Waals surface area contributed by atoms with E-state index in [9.17, 15) is 9.59 Å². The zero-order valence-electron chi connectivity index (χ0n) is 19.5. The van der Waals surface area contributed by atoms with Crippen molar-refractivity contribution in [2.75, 3.05) is 19.6 Å². The zero-order valence-corrected chi connectivity index (χ0v) is 19.5. The van der Waals surface area contributed by atoms with Gasteiger partial charge in [0.1, 0.15) is 0 Å². The van der Waals surface area contributed by atoms with Gasteiger partial charge in [0.15, 0.2) is 0 Å². The van der Waals surface area contributed by atoms with Crippen LogP contribution < -0.4 is 10.6 Å². The number of hydrogen-bond donors (Lipinski definition) is 2. The highest BCUT2D eigenvalue weighted by Gasteiger charge is 2.15. The molecule has 0 saturated carbocycles. The highest BCUT2D eigenvalue weighted by Crippen LogP contribution is 2.00. The maximum absolute atomic E-state index is 12.1. The van der Waals surface area contributed by atoms with Gasteiger partial charge in [-0.15, -0.1) is 0 Å². The number of nitrogens with one attached hydrogen (secondary N) is 2. The molecule has 0 aromatic carbocycles. The Balaban J connectivity index is 4.13. The molecule has 0 radical (unpaired) electrons. The third-order valence-electron chi connectivity index (χ3n) is 4.65. The molecule has 0 aliphatic carbocycles. The number of carbonyl (C=O) groups is 2. The number of carbonyl (C=O) groups excluding carboxylic acids is 2. The summed E-state index contributed by atoms with van der Waals surface area (Å²) < 4.78 is 0. The molecule has 0 heterocycles. The minimum absolute atomic E-state index is 0.0914. The van der Waals surface area contributed by atoms with E-state index in [1.807, 2.05) is 13.8 Å². The van der Waals surface area contributed by atoms with Crippen LogP contribution in [0, 0.1) is 0 Å². The summed E-state index contributed by atoms with van der Waals surface area (Å²) in [5.41, 5.74) is 0. The maximum Gasteiger partial charge on any atom is 0.220 e. The molecule has 2 amide bonds. The van der Waals surface area contributed by atoms with Crippen molar-refractivity contribution in [3.05, 3.63) is 24.3 Å². The van der Waals surface area contributed by atoms with Crippen molar-refractivity contribution in [3.8, 4) is 0 Å². The van der Waals surface area contributed by atoms with E-state index in [0.717, 1.165) is 58.2 Å². The lowest BCUT2D eigenvalue weighted by atomic mass is 10.2. The van der Waals surface area contributed by atoms with Gasteiger partial charge in [-0.1, -0.05) is 57.9 Å². The number of allylic oxidation sites excluding steroid dienone is 4. The average Bonchev–Trinajstić information content (AvgIpc) is 2.66. The van der Waals surface area contributed by atoms with Crippen molar-refractivity contribution < 1.29 is 9.59 Å². The van der Waals surface area contributed by atoms with Gasteiger partial charge < -0.3 is 10.6 Å². The Labute approximate surface area is 179 Å². The first-order chi connectivity index (χ1) is 13.9. The molecule has 2 atom stereocenters. The van der Waals surface area contributed by atoms with Gasteiger partial charge in [-0.2, -0.15) is 0 Å². The first-order valence-corrected chi connectivity index (χ1v) is 11.5. The smallest absolute Gasteiger partial charge is 0.220 e. The minimum Gasteiger partial charge on any atom is -0.352 e. The van der Waals surface area contributed by atoms with Crippen molar-refractivity contribution in [2.24, 2.45) is 0 Å². The summed E-state index contributed by atoms with van der Waals surface area (Å²) in [4.78, 5) is 26.4. The van der Waals surface area contributed by atoms with E-state index in [0.29, 0.717) is 12.8 Å². The van der Waals surface area contributed by atoms with Crippen molar-refractivity contribution in [1.82, 2.24) is 15.5 Å². The Morgan fingerprint density at radius 3 is 1.45 bits per heavy atom. The summed E-state index contributed by atoms with van der Waals surface area (Å²) in [5, 5.41) is 6.17. The highest BCUT2D eigenvalue weighted by molar-refractivity contribution is 5.76. The zero-order chi connectivity index (χ0) is 21.9. The van der Waals surface area contributed by atoms with Crippen molar-refractivity contribution >= 4 is 11.8 Å². The molecule has 0 aromatic heterocycles. The molecule has 0 aromatic rings. The molecule has 0 aliphatic heterocycles. The molecule has 0 saturated heterocycles. The number of unbranched alkanes of at least 4 members (excludes halogenated alkanes) is 2. The summed E-state index contributed by atoms with van der Waals surface area (Å²) >= 11 is 0. The Morgan fingerprint density at radius 1 is 0.724 bits per heavy atom. The molecular weight excluding hydrogens is 362 g/mol. The second-order valence-corrected chi connectivity index (χ2v) is 7.89.